The molecular weight excluding hydrogens is 314 g/mol. The maximum absolute atomic E-state index is 5.75. The number of nitrogens with two attached hydrogens (primary N) is 1. The molecule has 0 spiro atoms. The lowest BCUT2D eigenvalue weighted by atomic mass is 10.2. The van der Waals surface area contributed by atoms with E-state index >= 15 is 0 Å². The van der Waals surface area contributed by atoms with E-state index in [1.54, 1.807) is 11.3 Å². The standard InChI is InChI=1S/C11H14BrN5S/c1-7(11-14-3-4-18-11)5-17(2)10-8(12)9(13)15-6-16-10/h3-4,6-7H,5H2,1-2H3,(H2,13,15,16). The fourth-order valence-electron chi connectivity index (χ4n) is 1.69. The summed E-state index contributed by atoms with van der Waals surface area (Å²) in [6, 6.07) is 0. The second-order valence-corrected chi connectivity index (χ2v) is 5.77. The molecule has 0 aliphatic rings. The van der Waals surface area contributed by atoms with Gasteiger partial charge in [-0.1, -0.05) is 6.92 Å². The molecule has 5 nitrogen and oxygen atoms in total. The summed E-state index contributed by atoms with van der Waals surface area (Å²) in [5.41, 5.74) is 5.75. The molecular formula is C11H14BrN5S. The van der Waals surface area contributed by atoms with Crippen molar-refractivity contribution in [1.82, 2.24) is 15.0 Å². The Bertz CT molecular complexity index is 516. The Balaban J connectivity index is 2.12. The number of hydrogen-bond acceptors (Lipinski definition) is 6. The summed E-state index contributed by atoms with van der Waals surface area (Å²) in [5.74, 6) is 1.60. The molecule has 1 atom stereocenters. The summed E-state index contributed by atoms with van der Waals surface area (Å²) >= 11 is 5.08. The maximum atomic E-state index is 5.75. The van der Waals surface area contributed by atoms with Crippen LogP contribution in [0.3, 0.4) is 0 Å². The summed E-state index contributed by atoms with van der Waals surface area (Å²) in [4.78, 5) is 14.6. The molecule has 2 rings (SSSR count). The molecule has 0 aliphatic heterocycles. The van der Waals surface area contributed by atoms with Crippen molar-refractivity contribution in [1.29, 1.82) is 0 Å². The summed E-state index contributed by atoms with van der Waals surface area (Å²) in [6.07, 6.45) is 3.30. The van der Waals surface area contributed by atoms with Crippen LogP contribution in [0.15, 0.2) is 22.4 Å². The topological polar surface area (TPSA) is 67.9 Å². The zero-order valence-corrected chi connectivity index (χ0v) is 12.6. The molecule has 2 aromatic heterocycles. The third kappa shape index (κ3) is 2.78. The van der Waals surface area contributed by atoms with Crippen LogP contribution in [0.25, 0.3) is 0 Å². The first-order valence-electron chi connectivity index (χ1n) is 5.46. The summed E-state index contributed by atoms with van der Waals surface area (Å²) in [6.45, 7) is 2.97. The van der Waals surface area contributed by atoms with Gasteiger partial charge in [-0.2, -0.15) is 0 Å². The van der Waals surface area contributed by atoms with Gasteiger partial charge in [-0.3, -0.25) is 0 Å². The monoisotopic (exact) mass is 327 g/mol. The Labute approximate surface area is 118 Å². The smallest absolute Gasteiger partial charge is 0.148 e. The summed E-state index contributed by atoms with van der Waals surface area (Å²) in [7, 11) is 1.98. The quantitative estimate of drug-likeness (QED) is 0.934. The van der Waals surface area contributed by atoms with Gasteiger partial charge in [-0.15, -0.1) is 11.3 Å². The maximum Gasteiger partial charge on any atom is 0.148 e. The Morgan fingerprint density at radius 1 is 1.44 bits per heavy atom. The number of halogens is 1. The number of nitrogen functional groups attached to an aromatic ring is 1. The average molecular weight is 328 g/mol. The van der Waals surface area contributed by atoms with Crippen LogP contribution in [0.5, 0.6) is 0 Å². The number of aromatic nitrogens is 3. The van der Waals surface area contributed by atoms with Crippen LogP contribution < -0.4 is 10.6 Å². The van der Waals surface area contributed by atoms with Crippen molar-refractivity contribution in [2.45, 2.75) is 12.8 Å². The zero-order valence-electron chi connectivity index (χ0n) is 10.2. The molecule has 18 heavy (non-hydrogen) atoms. The van der Waals surface area contributed by atoms with Crippen molar-refractivity contribution >= 4 is 38.9 Å². The van der Waals surface area contributed by atoms with Crippen molar-refractivity contribution in [2.75, 3.05) is 24.2 Å². The Morgan fingerprint density at radius 3 is 2.89 bits per heavy atom. The first-order valence-corrected chi connectivity index (χ1v) is 7.13. The molecule has 0 aromatic carbocycles. The minimum atomic E-state index is 0.345. The van der Waals surface area contributed by atoms with E-state index in [-0.39, 0.29) is 0 Å². The van der Waals surface area contributed by atoms with Crippen LogP contribution in [0.2, 0.25) is 0 Å². The van der Waals surface area contributed by atoms with Crippen LogP contribution in [0, 0.1) is 0 Å². The molecule has 1 unspecified atom stereocenters. The van der Waals surface area contributed by atoms with E-state index in [2.05, 4.69) is 37.8 Å². The van der Waals surface area contributed by atoms with E-state index in [4.69, 9.17) is 5.73 Å². The molecule has 96 valence electrons. The van der Waals surface area contributed by atoms with Gasteiger partial charge in [0.2, 0.25) is 0 Å². The highest BCUT2D eigenvalue weighted by molar-refractivity contribution is 9.10. The predicted molar refractivity (Wildman–Crippen MR) is 77.9 cm³/mol. The molecule has 0 bridgehead atoms. The third-order valence-electron chi connectivity index (χ3n) is 2.58. The Morgan fingerprint density at radius 2 is 2.22 bits per heavy atom. The van der Waals surface area contributed by atoms with E-state index in [0.29, 0.717) is 11.7 Å². The predicted octanol–water partition coefficient (Wildman–Crippen LogP) is 2.52. The molecule has 0 radical (unpaired) electrons. The summed E-state index contributed by atoms with van der Waals surface area (Å²) < 4.78 is 0.735. The molecule has 2 heterocycles. The molecule has 0 amide bonds. The van der Waals surface area contributed by atoms with Crippen LogP contribution in [0.4, 0.5) is 11.6 Å². The highest BCUT2D eigenvalue weighted by Crippen LogP contribution is 2.28. The van der Waals surface area contributed by atoms with E-state index in [9.17, 15) is 0 Å². The Kier molecular flexibility index (Phi) is 4.13. The zero-order chi connectivity index (χ0) is 13.1. The van der Waals surface area contributed by atoms with Crippen LogP contribution in [-0.4, -0.2) is 28.5 Å². The number of hydrogen-bond donors (Lipinski definition) is 1. The van der Waals surface area contributed by atoms with Crippen LogP contribution >= 0.6 is 27.3 Å². The fraction of sp³-hybridized carbons (Fsp3) is 0.364. The highest BCUT2D eigenvalue weighted by atomic mass is 79.9. The first kappa shape index (κ1) is 13.2. The van der Waals surface area contributed by atoms with Gasteiger partial charge in [0.1, 0.15) is 22.4 Å². The second kappa shape index (κ2) is 5.62. The second-order valence-electron chi connectivity index (χ2n) is 4.05. The molecule has 0 saturated heterocycles. The van der Waals surface area contributed by atoms with Crippen molar-refractivity contribution in [3.63, 3.8) is 0 Å². The van der Waals surface area contributed by atoms with Crippen molar-refractivity contribution < 1.29 is 0 Å². The Hall–Kier alpha value is -1.21. The minimum Gasteiger partial charge on any atom is -0.383 e. The molecule has 2 aromatic rings. The highest BCUT2D eigenvalue weighted by Gasteiger charge is 2.15. The SMILES string of the molecule is CC(CN(C)c1ncnc(N)c1Br)c1nccs1. The first-order chi connectivity index (χ1) is 8.59. The van der Waals surface area contributed by atoms with Gasteiger partial charge in [0, 0.05) is 31.1 Å². The van der Waals surface area contributed by atoms with Crippen LogP contribution in [-0.2, 0) is 0 Å². The van der Waals surface area contributed by atoms with Gasteiger partial charge in [0.15, 0.2) is 0 Å². The number of rotatable bonds is 4. The largest absolute Gasteiger partial charge is 0.383 e. The lowest BCUT2D eigenvalue weighted by molar-refractivity contribution is 0.720. The van der Waals surface area contributed by atoms with Gasteiger partial charge >= 0.3 is 0 Å². The number of likely N-dealkylation sites (N-methyl/N-ethyl adjacent to an activating group) is 1. The normalized spacial score (nSPS) is 12.4. The summed E-state index contributed by atoms with van der Waals surface area (Å²) in [5, 5.41) is 3.12. The molecule has 2 N–H and O–H groups in total. The van der Waals surface area contributed by atoms with E-state index in [1.165, 1.54) is 6.33 Å². The van der Waals surface area contributed by atoms with E-state index in [1.807, 2.05) is 23.5 Å². The van der Waals surface area contributed by atoms with E-state index < -0.39 is 0 Å². The number of nitrogens with zero attached hydrogens (tertiary/aromatic N) is 4. The van der Waals surface area contributed by atoms with Gasteiger partial charge in [0.05, 0.1) is 5.01 Å². The number of thiazole rings is 1. The van der Waals surface area contributed by atoms with Crippen molar-refractivity contribution in [3.05, 3.63) is 27.4 Å². The molecule has 0 aliphatic carbocycles. The number of anilines is 2. The fourth-order valence-corrected chi connectivity index (χ4v) is 2.89. The van der Waals surface area contributed by atoms with Gasteiger partial charge in [0.25, 0.3) is 0 Å². The lowest BCUT2D eigenvalue weighted by Crippen LogP contribution is -2.24. The van der Waals surface area contributed by atoms with Crippen molar-refractivity contribution in [3.8, 4) is 0 Å². The minimum absolute atomic E-state index is 0.345. The van der Waals surface area contributed by atoms with Gasteiger partial charge in [-0.05, 0) is 15.9 Å². The van der Waals surface area contributed by atoms with Gasteiger partial charge < -0.3 is 10.6 Å². The average Bonchev–Trinajstić information content (AvgIpc) is 2.86. The van der Waals surface area contributed by atoms with E-state index in [0.717, 1.165) is 21.8 Å². The molecule has 7 heteroatoms. The van der Waals surface area contributed by atoms with Crippen LogP contribution in [0.1, 0.15) is 17.8 Å². The van der Waals surface area contributed by atoms with Crippen molar-refractivity contribution in [2.24, 2.45) is 0 Å². The third-order valence-corrected chi connectivity index (χ3v) is 4.35. The molecule has 0 saturated carbocycles. The van der Waals surface area contributed by atoms with Gasteiger partial charge in [-0.25, -0.2) is 15.0 Å². The molecule has 0 fully saturated rings. The lowest BCUT2D eigenvalue weighted by Gasteiger charge is -2.22.